The number of carbonyl (C=O) groups excluding carboxylic acids is 2. The van der Waals surface area contributed by atoms with Gasteiger partial charge in [0, 0.05) is 17.7 Å². The fraction of sp³-hybridized carbons (Fsp3) is 0.267. The van der Waals surface area contributed by atoms with Crippen LogP contribution in [0.2, 0.25) is 0 Å². The summed E-state index contributed by atoms with van der Waals surface area (Å²) in [5.74, 6) is -0.545. The number of Topliss-reactive ketones (excluding diaryl/α,β-unsaturated/α-hetero) is 2. The number of nitrogens with zero attached hydrogens (tertiary/aromatic N) is 1. The Hall–Kier alpha value is -2.31. The van der Waals surface area contributed by atoms with Gasteiger partial charge < -0.3 is 14.8 Å². The van der Waals surface area contributed by atoms with Gasteiger partial charge in [-0.2, -0.15) is 0 Å². The van der Waals surface area contributed by atoms with Gasteiger partial charge in [-0.1, -0.05) is 24.3 Å². The van der Waals surface area contributed by atoms with Crippen LogP contribution in [0.25, 0.3) is 11.3 Å². The number of ketones is 2. The van der Waals surface area contributed by atoms with Gasteiger partial charge in [-0.05, 0) is 6.92 Å². The summed E-state index contributed by atoms with van der Waals surface area (Å²) in [6.45, 7) is 2.19. The average molecular weight is 286 g/mol. The molecule has 1 unspecified atom stereocenters. The number of nitrogens with one attached hydrogen (secondary N) is 1. The number of oxazole rings is 1. The van der Waals surface area contributed by atoms with Crippen molar-refractivity contribution >= 4 is 11.6 Å². The van der Waals surface area contributed by atoms with Crippen molar-refractivity contribution in [2.24, 2.45) is 0 Å². The molecule has 0 spiro atoms. The molecule has 1 aromatic carbocycles. The Morgan fingerprint density at radius 2 is 1.95 bits per heavy atom. The molecule has 0 fully saturated rings. The van der Waals surface area contributed by atoms with E-state index in [9.17, 15) is 9.59 Å². The Morgan fingerprint density at radius 3 is 2.67 bits per heavy atom. The zero-order valence-electron chi connectivity index (χ0n) is 11.4. The molecule has 1 atom stereocenters. The maximum absolute atomic E-state index is 12.1. The quantitative estimate of drug-likeness (QED) is 0.824. The molecule has 0 aliphatic heterocycles. The van der Waals surface area contributed by atoms with E-state index in [0.717, 1.165) is 0 Å². The van der Waals surface area contributed by atoms with Crippen LogP contribution in [-0.4, -0.2) is 34.8 Å². The molecule has 2 aromatic rings. The predicted molar refractivity (Wildman–Crippen MR) is 74.1 cm³/mol. The van der Waals surface area contributed by atoms with Crippen molar-refractivity contribution in [1.82, 2.24) is 10.3 Å². The lowest BCUT2D eigenvalue weighted by Crippen LogP contribution is -2.23. The molecular formula is C15H14N2O4. The number of aromatic nitrogens is 1. The highest BCUT2D eigenvalue weighted by atomic mass is 16.4. The summed E-state index contributed by atoms with van der Waals surface area (Å²) in [6.07, 6.45) is 0. The minimum Gasteiger partial charge on any atom is -0.438 e. The third-order valence-electron chi connectivity index (χ3n) is 3.41. The van der Waals surface area contributed by atoms with Crippen LogP contribution >= 0.6 is 0 Å². The molecule has 21 heavy (non-hydrogen) atoms. The third-order valence-corrected chi connectivity index (χ3v) is 3.41. The van der Waals surface area contributed by atoms with Crippen LogP contribution in [0.1, 0.15) is 39.7 Å². The number of benzene rings is 1. The van der Waals surface area contributed by atoms with E-state index in [1.54, 1.807) is 24.3 Å². The van der Waals surface area contributed by atoms with Gasteiger partial charge in [-0.3, -0.25) is 9.59 Å². The predicted octanol–water partition coefficient (Wildman–Crippen LogP) is 1.36. The van der Waals surface area contributed by atoms with Gasteiger partial charge in [-0.25, -0.2) is 4.98 Å². The molecule has 0 amide bonds. The number of fused-ring (bicyclic) bond motifs is 3. The zero-order valence-corrected chi connectivity index (χ0v) is 11.4. The first kappa shape index (κ1) is 13.7. The second-order valence-corrected chi connectivity index (χ2v) is 4.83. The van der Waals surface area contributed by atoms with Gasteiger partial charge in [0.05, 0.1) is 12.6 Å². The normalized spacial score (nSPS) is 14.8. The first-order valence-electron chi connectivity index (χ1n) is 6.67. The number of carbonyl (C=O) groups is 2. The molecule has 1 aromatic heterocycles. The van der Waals surface area contributed by atoms with Crippen molar-refractivity contribution in [3.8, 4) is 11.3 Å². The van der Waals surface area contributed by atoms with Crippen LogP contribution in [0.4, 0.5) is 0 Å². The molecule has 1 aliphatic rings. The summed E-state index contributed by atoms with van der Waals surface area (Å²) in [6, 6.07) is 6.56. The fourth-order valence-electron chi connectivity index (χ4n) is 2.34. The smallest absolute Gasteiger partial charge is 0.255 e. The maximum atomic E-state index is 12.1. The van der Waals surface area contributed by atoms with E-state index >= 15 is 0 Å². The molecule has 3 rings (SSSR count). The van der Waals surface area contributed by atoms with E-state index in [1.165, 1.54) is 0 Å². The van der Waals surface area contributed by atoms with Crippen molar-refractivity contribution in [3.05, 3.63) is 41.4 Å². The van der Waals surface area contributed by atoms with E-state index in [2.05, 4.69) is 10.3 Å². The summed E-state index contributed by atoms with van der Waals surface area (Å²) < 4.78 is 5.68. The van der Waals surface area contributed by atoms with Crippen molar-refractivity contribution in [1.29, 1.82) is 0 Å². The molecular weight excluding hydrogens is 272 g/mol. The molecule has 1 heterocycles. The van der Waals surface area contributed by atoms with Crippen molar-refractivity contribution in [3.63, 3.8) is 0 Å². The van der Waals surface area contributed by atoms with Gasteiger partial charge in [0.25, 0.3) is 5.78 Å². The lowest BCUT2D eigenvalue weighted by atomic mass is 9.91. The molecule has 108 valence electrons. The van der Waals surface area contributed by atoms with E-state index in [4.69, 9.17) is 9.52 Å². The first-order chi connectivity index (χ1) is 10.1. The highest BCUT2D eigenvalue weighted by molar-refractivity contribution is 6.52. The molecule has 0 saturated carbocycles. The van der Waals surface area contributed by atoms with Gasteiger partial charge >= 0.3 is 0 Å². The van der Waals surface area contributed by atoms with Crippen LogP contribution in [0.15, 0.2) is 28.7 Å². The lowest BCUT2D eigenvalue weighted by molar-refractivity contribution is 0.0812. The minimum absolute atomic E-state index is 0.00892. The van der Waals surface area contributed by atoms with E-state index in [-0.39, 0.29) is 18.3 Å². The summed E-state index contributed by atoms with van der Waals surface area (Å²) in [5.41, 5.74) is 0.991. The molecule has 0 radical (unpaired) electrons. The van der Waals surface area contributed by atoms with Gasteiger partial charge in [0.15, 0.2) is 11.5 Å². The Balaban J connectivity index is 2.06. The summed E-state index contributed by atoms with van der Waals surface area (Å²) >= 11 is 0. The first-order valence-corrected chi connectivity index (χ1v) is 6.67. The van der Waals surface area contributed by atoms with Gasteiger partial charge in [-0.15, -0.1) is 0 Å². The second kappa shape index (κ2) is 5.23. The molecule has 1 aliphatic carbocycles. The van der Waals surface area contributed by atoms with E-state index < -0.39 is 11.6 Å². The SMILES string of the molecule is CC(NCCO)c1nc2c(o1)-c1ccccc1C(=O)C2=O. The topological polar surface area (TPSA) is 92.4 Å². The largest absolute Gasteiger partial charge is 0.438 e. The van der Waals surface area contributed by atoms with Crippen molar-refractivity contribution in [2.75, 3.05) is 13.2 Å². The van der Waals surface area contributed by atoms with Gasteiger partial charge in [0.2, 0.25) is 11.7 Å². The molecule has 6 nitrogen and oxygen atoms in total. The number of hydrogen-bond donors (Lipinski definition) is 2. The molecule has 6 heteroatoms. The van der Waals surface area contributed by atoms with Crippen LogP contribution < -0.4 is 5.32 Å². The maximum Gasteiger partial charge on any atom is 0.255 e. The lowest BCUT2D eigenvalue weighted by Gasteiger charge is -2.11. The van der Waals surface area contributed by atoms with Crippen LogP contribution in [0, 0.1) is 0 Å². The highest BCUT2D eigenvalue weighted by Gasteiger charge is 2.35. The third kappa shape index (κ3) is 2.18. The van der Waals surface area contributed by atoms with E-state index in [0.29, 0.717) is 29.3 Å². The molecule has 0 bridgehead atoms. The Bertz CT molecular complexity index is 720. The van der Waals surface area contributed by atoms with Crippen molar-refractivity contribution < 1.29 is 19.1 Å². The van der Waals surface area contributed by atoms with Crippen molar-refractivity contribution in [2.45, 2.75) is 13.0 Å². The minimum atomic E-state index is -0.645. The summed E-state index contributed by atoms with van der Waals surface area (Å²) in [4.78, 5) is 28.3. The van der Waals surface area contributed by atoms with Crippen LogP contribution in [-0.2, 0) is 0 Å². The van der Waals surface area contributed by atoms with Crippen LogP contribution in [0.5, 0.6) is 0 Å². The molecule has 0 saturated heterocycles. The number of hydrogen-bond acceptors (Lipinski definition) is 6. The standard InChI is InChI=1S/C15H14N2O4/c1-8(16-6-7-18)15-17-11-13(20)12(19)9-4-2-3-5-10(9)14(11)21-15/h2-5,8,16,18H,6-7H2,1H3. The fourth-order valence-corrected chi connectivity index (χ4v) is 2.34. The Labute approximate surface area is 120 Å². The number of rotatable bonds is 4. The monoisotopic (exact) mass is 286 g/mol. The highest BCUT2D eigenvalue weighted by Crippen LogP contribution is 2.34. The summed E-state index contributed by atoms with van der Waals surface area (Å²) in [7, 11) is 0. The summed E-state index contributed by atoms with van der Waals surface area (Å²) in [5, 5.41) is 11.8. The Morgan fingerprint density at radius 1 is 1.24 bits per heavy atom. The van der Waals surface area contributed by atoms with Gasteiger partial charge in [0.1, 0.15) is 0 Å². The van der Waals surface area contributed by atoms with Crippen LogP contribution in [0.3, 0.4) is 0 Å². The number of aliphatic hydroxyl groups is 1. The average Bonchev–Trinajstić information content (AvgIpc) is 2.96. The molecule has 2 N–H and O–H groups in total. The number of aliphatic hydroxyl groups excluding tert-OH is 1. The Kier molecular flexibility index (Phi) is 3.40. The van der Waals surface area contributed by atoms with E-state index in [1.807, 2.05) is 6.92 Å². The zero-order chi connectivity index (χ0) is 15.0. The second-order valence-electron chi connectivity index (χ2n) is 4.83.